The molecule has 0 aliphatic carbocycles. The largest absolute Gasteiger partial charge is 0.350 e. The first-order valence-corrected chi connectivity index (χ1v) is 9.36. The van der Waals surface area contributed by atoms with Crippen LogP contribution in [0.4, 0.5) is 0 Å². The van der Waals surface area contributed by atoms with E-state index in [-0.39, 0.29) is 17.2 Å². The Morgan fingerprint density at radius 3 is 2.48 bits per heavy atom. The van der Waals surface area contributed by atoms with Gasteiger partial charge in [-0.05, 0) is 28.2 Å². The number of para-hydroxylation sites is 1. The molecule has 0 radical (unpaired) electrons. The molecule has 0 fully saturated rings. The standard InChI is InChI=1S/C23H25N3O/c1-23(2,3)16-11-9-15(10-12-16)20-13-18(22(27)25-24-20)19-14-26(4)21-8-6-5-7-17(19)21/h5-12,14,18H,13H2,1-4H3,(H,25,27). The summed E-state index contributed by atoms with van der Waals surface area (Å²) in [6.07, 6.45) is 2.68. The van der Waals surface area contributed by atoms with Crippen LogP contribution in [-0.4, -0.2) is 16.2 Å². The second-order valence-corrected chi connectivity index (χ2v) is 8.33. The molecule has 1 aliphatic heterocycles. The second kappa shape index (κ2) is 6.38. The molecule has 3 aromatic rings. The molecular formula is C23H25N3O. The van der Waals surface area contributed by atoms with E-state index in [0.29, 0.717) is 6.42 Å². The van der Waals surface area contributed by atoms with E-state index in [9.17, 15) is 4.79 Å². The Bertz CT molecular complexity index is 1040. The third-order valence-corrected chi connectivity index (χ3v) is 5.40. The Kier molecular flexibility index (Phi) is 4.14. The molecule has 1 aliphatic rings. The summed E-state index contributed by atoms with van der Waals surface area (Å²) >= 11 is 0. The molecule has 0 saturated carbocycles. The molecular weight excluding hydrogens is 334 g/mol. The number of nitrogens with zero attached hydrogens (tertiary/aromatic N) is 2. The quantitative estimate of drug-likeness (QED) is 0.720. The smallest absolute Gasteiger partial charge is 0.248 e. The molecule has 2 aromatic carbocycles. The maximum atomic E-state index is 12.6. The number of aryl methyl sites for hydroxylation is 1. The van der Waals surface area contributed by atoms with E-state index in [1.54, 1.807) is 0 Å². The highest BCUT2D eigenvalue weighted by molar-refractivity contribution is 6.07. The number of nitrogens with one attached hydrogen (secondary N) is 1. The van der Waals surface area contributed by atoms with Gasteiger partial charge in [0.2, 0.25) is 5.91 Å². The number of hydrogen-bond acceptors (Lipinski definition) is 2. The van der Waals surface area contributed by atoms with E-state index in [1.165, 1.54) is 5.56 Å². The molecule has 0 spiro atoms. The van der Waals surface area contributed by atoms with Gasteiger partial charge in [0.05, 0.1) is 11.6 Å². The zero-order valence-electron chi connectivity index (χ0n) is 16.3. The molecule has 1 amide bonds. The summed E-state index contributed by atoms with van der Waals surface area (Å²) in [6.45, 7) is 6.62. The number of carbonyl (C=O) groups excluding carboxylic acids is 1. The third-order valence-electron chi connectivity index (χ3n) is 5.40. The summed E-state index contributed by atoms with van der Waals surface area (Å²) in [7, 11) is 2.02. The molecule has 2 heterocycles. The first kappa shape index (κ1) is 17.5. The van der Waals surface area contributed by atoms with E-state index in [0.717, 1.165) is 27.7 Å². The van der Waals surface area contributed by atoms with Gasteiger partial charge in [0.15, 0.2) is 0 Å². The average molecular weight is 359 g/mol. The Labute approximate surface area is 159 Å². The van der Waals surface area contributed by atoms with Crippen molar-refractivity contribution in [1.29, 1.82) is 0 Å². The van der Waals surface area contributed by atoms with E-state index in [1.807, 2.05) is 19.2 Å². The van der Waals surface area contributed by atoms with Crippen molar-refractivity contribution in [1.82, 2.24) is 9.99 Å². The first-order chi connectivity index (χ1) is 12.8. The predicted molar refractivity (Wildman–Crippen MR) is 110 cm³/mol. The van der Waals surface area contributed by atoms with Crippen LogP contribution >= 0.6 is 0 Å². The van der Waals surface area contributed by atoms with Crippen LogP contribution in [0.1, 0.15) is 49.8 Å². The topological polar surface area (TPSA) is 46.4 Å². The summed E-state index contributed by atoms with van der Waals surface area (Å²) in [5.74, 6) is -0.271. The molecule has 0 saturated heterocycles. The van der Waals surface area contributed by atoms with E-state index in [4.69, 9.17) is 0 Å². The maximum Gasteiger partial charge on any atom is 0.248 e. The van der Waals surface area contributed by atoms with Gasteiger partial charge in [-0.1, -0.05) is 63.2 Å². The van der Waals surface area contributed by atoms with Crippen LogP contribution in [0.2, 0.25) is 0 Å². The number of hydrazone groups is 1. The predicted octanol–water partition coefficient (Wildman–Crippen LogP) is 4.48. The molecule has 138 valence electrons. The molecule has 27 heavy (non-hydrogen) atoms. The van der Waals surface area contributed by atoms with Crippen LogP contribution in [0.5, 0.6) is 0 Å². The van der Waals surface area contributed by atoms with Crippen molar-refractivity contribution in [3.63, 3.8) is 0 Å². The molecule has 1 N–H and O–H groups in total. The lowest BCUT2D eigenvalue weighted by Gasteiger charge is -2.23. The van der Waals surface area contributed by atoms with Gasteiger partial charge in [-0.2, -0.15) is 5.10 Å². The monoisotopic (exact) mass is 359 g/mol. The summed E-state index contributed by atoms with van der Waals surface area (Å²) in [4.78, 5) is 12.6. The third kappa shape index (κ3) is 3.16. The Morgan fingerprint density at radius 2 is 1.78 bits per heavy atom. The lowest BCUT2D eigenvalue weighted by atomic mass is 9.85. The lowest BCUT2D eigenvalue weighted by molar-refractivity contribution is -0.122. The number of benzene rings is 2. The normalized spacial score (nSPS) is 17.7. The minimum absolute atomic E-state index is 0.0404. The van der Waals surface area contributed by atoms with Gasteiger partial charge in [0.25, 0.3) is 0 Å². The van der Waals surface area contributed by atoms with Crippen LogP contribution < -0.4 is 5.43 Å². The van der Waals surface area contributed by atoms with Crippen LogP contribution in [-0.2, 0) is 17.3 Å². The lowest BCUT2D eigenvalue weighted by Crippen LogP contribution is -2.33. The van der Waals surface area contributed by atoms with Gasteiger partial charge < -0.3 is 4.57 Å². The molecule has 4 heteroatoms. The SMILES string of the molecule is Cn1cc(C2CC(c3ccc(C(C)(C)C)cc3)=NNC2=O)c2ccccc21. The molecule has 4 rings (SSSR count). The van der Waals surface area contributed by atoms with Gasteiger partial charge in [-0.25, -0.2) is 5.43 Å². The fraction of sp³-hybridized carbons (Fsp3) is 0.304. The van der Waals surface area contributed by atoms with Gasteiger partial charge >= 0.3 is 0 Å². The van der Waals surface area contributed by atoms with Crippen molar-refractivity contribution in [3.8, 4) is 0 Å². The van der Waals surface area contributed by atoms with E-state index < -0.39 is 0 Å². The first-order valence-electron chi connectivity index (χ1n) is 9.36. The molecule has 1 atom stereocenters. The van der Waals surface area contributed by atoms with Crippen LogP contribution in [0.3, 0.4) is 0 Å². The number of hydrogen-bond donors (Lipinski definition) is 1. The van der Waals surface area contributed by atoms with Crippen molar-refractivity contribution in [2.24, 2.45) is 12.1 Å². The number of carbonyl (C=O) groups is 1. The highest BCUT2D eigenvalue weighted by atomic mass is 16.2. The summed E-state index contributed by atoms with van der Waals surface area (Å²) in [5, 5.41) is 5.47. The van der Waals surface area contributed by atoms with Crippen LogP contribution in [0.25, 0.3) is 10.9 Å². The zero-order valence-corrected chi connectivity index (χ0v) is 16.3. The molecule has 4 nitrogen and oxygen atoms in total. The number of fused-ring (bicyclic) bond motifs is 1. The number of aromatic nitrogens is 1. The summed E-state index contributed by atoms with van der Waals surface area (Å²) in [6, 6.07) is 16.7. The number of rotatable bonds is 2. The summed E-state index contributed by atoms with van der Waals surface area (Å²) < 4.78 is 2.08. The highest BCUT2D eigenvalue weighted by Gasteiger charge is 2.29. The zero-order chi connectivity index (χ0) is 19.2. The van der Waals surface area contributed by atoms with Gasteiger partial charge in [-0.3, -0.25) is 4.79 Å². The van der Waals surface area contributed by atoms with Gasteiger partial charge in [0, 0.05) is 30.6 Å². The minimum atomic E-state index is -0.231. The summed E-state index contributed by atoms with van der Waals surface area (Å²) in [5.41, 5.74) is 8.33. The van der Waals surface area contributed by atoms with Crippen LogP contribution in [0.15, 0.2) is 59.8 Å². The Hall–Kier alpha value is -2.88. The van der Waals surface area contributed by atoms with Crippen LogP contribution in [0, 0.1) is 0 Å². The highest BCUT2D eigenvalue weighted by Crippen LogP contribution is 2.32. The Morgan fingerprint density at radius 1 is 1.07 bits per heavy atom. The van der Waals surface area contributed by atoms with E-state index in [2.05, 4.69) is 78.5 Å². The average Bonchev–Trinajstić information content (AvgIpc) is 2.99. The second-order valence-electron chi connectivity index (χ2n) is 8.33. The molecule has 1 aromatic heterocycles. The van der Waals surface area contributed by atoms with Crippen molar-refractivity contribution in [3.05, 3.63) is 71.4 Å². The maximum absolute atomic E-state index is 12.6. The van der Waals surface area contributed by atoms with Crippen molar-refractivity contribution >= 4 is 22.5 Å². The van der Waals surface area contributed by atoms with Gasteiger partial charge in [0.1, 0.15) is 0 Å². The van der Waals surface area contributed by atoms with E-state index >= 15 is 0 Å². The fourth-order valence-corrected chi connectivity index (χ4v) is 3.78. The number of amides is 1. The van der Waals surface area contributed by atoms with Crippen molar-refractivity contribution in [2.75, 3.05) is 0 Å². The van der Waals surface area contributed by atoms with Crippen molar-refractivity contribution in [2.45, 2.75) is 38.5 Å². The molecule has 1 unspecified atom stereocenters. The molecule has 0 bridgehead atoms. The minimum Gasteiger partial charge on any atom is -0.350 e. The van der Waals surface area contributed by atoms with Crippen molar-refractivity contribution < 1.29 is 4.79 Å². The Balaban J connectivity index is 1.68. The van der Waals surface area contributed by atoms with Gasteiger partial charge in [-0.15, -0.1) is 0 Å². The fourth-order valence-electron chi connectivity index (χ4n) is 3.78.